The van der Waals surface area contributed by atoms with Crippen LogP contribution in [0.2, 0.25) is 0 Å². The van der Waals surface area contributed by atoms with Gasteiger partial charge in [0.05, 0.1) is 0 Å². The lowest BCUT2D eigenvalue weighted by Gasteiger charge is -2.36. The fraction of sp³-hybridized carbons (Fsp3) is 0.444. The summed E-state index contributed by atoms with van der Waals surface area (Å²) in [4.78, 5) is 13.1. The third-order valence-electron chi connectivity index (χ3n) is 4.62. The number of aromatic nitrogens is 2. The first-order chi connectivity index (χ1) is 12.8. The number of anilines is 1. The number of rotatable bonds is 5. The van der Waals surface area contributed by atoms with Crippen molar-refractivity contribution in [1.29, 1.82) is 0 Å². The normalized spacial score (nSPS) is 16.7. The smallest absolute Gasteiger partial charge is 0.422 e. The second-order valence-corrected chi connectivity index (χ2v) is 6.57. The lowest BCUT2D eigenvalue weighted by Crippen LogP contribution is -2.52. The molecule has 1 aromatic carbocycles. The molecule has 1 aromatic heterocycles. The minimum absolute atomic E-state index is 0.133. The Kier molecular flexibility index (Phi) is 5.41. The number of piperidine rings is 1. The Hall–Kier alpha value is -2.55. The SMILES string of the molecule is Cc1cc(NC(=O)C2(n3cccn3)CCNCC2)ccc1OCC(F)(F)F. The number of carbonyl (C=O) groups excluding carboxylic acids is 1. The number of carbonyl (C=O) groups is 1. The summed E-state index contributed by atoms with van der Waals surface area (Å²) in [7, 11) is 0. The van der Waals surface area contributed by atoms with Crippen LogP contribution in [0.4, 0.5) is 18.9 Å². The summed E-state index contributed by atoms with van der Waals surface area (Å²) in [5.74, 6) is -0.0648. The molecule has 6 nitrogen and oxygen atoms in total. The quantitative estimate of drug-likeness (QED) is 0.835. The summed E-state index contributed by atoms with van der Waals surface area (Å²) < 4.78 is 43.4. The number of ether oxygens (including phenoxy) is 1. The van der Waals surface area contributed by atoms with Gasteiger partial charge in [-0.05, 0) is 62.7 Å². The zero-order chi connectivity index (χ0) is 19.5. The van der Waals surface area contributed by atoms with Gasteiger partial charge in [0, 0.05) is 18.1 Å². The maximum absolute atomic E-state index is 13.1. The molecule has 0 atom stereocenters. The standard InChI is InChI=1S/C18H21F3N4O2/c1-13-11-14(3-4-15(13)27-12-18(19,20)21)24-16(26)17(5-8-22-9-6-17)25-10-2-7-23-25/h2-4,7,10-11,22H,5-6,8-9,12H2,1H3,(H,24,26). The van der Waals surface area contributed by atoms with Crippen molar-refractivity contribution in [2.24, 2.45) is 0 Å². The van der Waals surface area contributed by atoms with Crippen molar-refractivity contribution in [2.45, 2.75) is 31.5 Å². The highest BCUT2D eigenvalue weighted by Crippen LogP contribution is 2.30. The number of amides is 1. The van der Waals surface area contributed by atoms with E-state index in [9.17, 15) is 18.0 Å². The first-order valence-electron chi connectivity index (χ1n) is 8.63. The number of hydrogen-bond donors (Lipinski definition) is 2. The molecule has 1 amide bonds. The maximum Gasteiger partial charge on any atom is 0.422 e. The molecule has 2 aromatic rings. The maximum atomic E-state index is 13.1. The van der Waals surface area contributed by atoms with Gasteiger partial charge >= 0.3 is 6.18 Å². The van der Waals surface area contributed by atoms with E-state index in [4.69, 9.17) is 4.74 Å². The molecule has 27 heavy (non-hydrogen) atoms. The van der Waals surface area contributed by atoms with Crippen molar-refractivity contribution in [1.82, 2.24) is 15.1 Å². The third-order valence-corrected chi connectivity index (χ3v) is 4.62. The van der Waals surface area contributed by atoms with Crippen LogP contribution in [-0.4, -0.2) is 41.6 Å². The van der Waals surface area contributed by atoms with Crippen molar-refractivity contribution in [3.63, 3.8) is 0 Å². The molecule has 2 N–H and O–H groups in total. The zero-order valence-corrected chi connectivity index (χ0v) is 14.8. The summed E-state index contributed by atoms with van der Waals surface area (Å²) in [6, 6.07) is 6.34. The number of nitrogens with zero attached hydrogens (tertiary/aromatic N) is 2. The summed E-state index contributed by atoms with van der Waals surface area (Å²) in [5.41, 5.74) is 0.214. The van der Waals surface area contributed by atoms with Gasteiger partial charge in [0.15, 0.2) is 6.61 Å². The first kappa shape index (κ1) is 19.2. The molecule has 3 rings (SSSR count). The van der Waals surface area contributed by atoms with Gasteiger partial charge in [-0.3, -0.25) is 9.48 Å². The molecule has 0 spiro atoms. The van der Waals surface area contributed by atoms with E-state index in [2.05, 4.69) is 15.7 Å². The number of halogens is 3. The van der Waals surface area contributed by atoms with Gasteiger partial charge in [-0.25, -0.2) is 0 Å². The predicted octanol–water partition coefficient (Wildman–Crippen LogP) is 2.85. The molecule has 2 heterocycles. The summed E-state index contributed by atoms with van der Waals surface area (Å²) >= 11 is 0. The molecule has 1 fully saturated rings. The van der Waals surface area contributed by atoms with E-state index in [0.29, 0.717) is 37.2 Å². The summed E-state index contributed by atoms with van der Waals surface area (Å²) in [6.07, 6.45) is 0.182. The van der Waals surface area contributed by atoms with E-state index in [1.54, 1.807) is 36.1 Å². The Labute approximate surface area is 154 Å². The van der Waals surface area contributed by atoms with E-state index < -0.39 is 18.3 Å². The second-order valence-electron chi connectivity index (χ2n) is 6.57. The van der Waals surface area contributed by atoms with E-state index >= 15 is 0 Å². The molecule has 0 radical (unpaired) electrons. The van der Waals surface area contributed by atoms with Gasteiger partial charge in [-0.1, -0.05) is 0 Å². The van der Waals surface area contributed by atoms with Crippen molar-refractivity contribution in [3.8, 4) is 5.75 Å². The highest BCUT2D eigenvalue weighted by atomic mass is 19.4. The van der Waals surface area contributed by atoms with Gasteiger partial charge in [0.2, 0.25) is 0 Å². The fourth-order valence-electron chi connectivity index (χ4n) is 3.22. The zero-order valence-electron chi connectivity index (χ0n) is 14.8. The Bertz CT molecular complexity index is 784. The molecule has 9 heteroatoms. The Morgan fingerprint density at radius 2 is 2.11 bits per heavy atom. The van der Waals surface area contributed by atoms with Crippen LogP contribution in [0.25, 0.3) is 0 Å². The van der Waals surface area contributed by atoms with Gasteiger partial charge in [-0.2, -0.15) is 18.3 Å². The van der Waals surface area contributed by atoms with Crippen molar-refractivity contribution in [3.05, 3.63) is 42.2 Å². The van der Waals surface area contributed by atoms with Crippen molar-refractivity contribution >= 4 is 11.6 Å². The number of aryl methyl sites for hydroxylation is 1. The van der Waals surface area contributed by atoms with Crippen LogP contribution in [0, 0.1) is 6.92 Å². The van der Waals surface area contributed by atoms with Gasteiger partial charge < -0.3 is 15.4 Å². The Morgan fingerprint density at radius 1 is 1.37 bits per heavy atom. The van der Waals surface area contributed by atoms with E-state index in [1.807, 2.05) is 0 Å². The number of hydrogen-bond acceptors (Lipinski definition) is 4. The third kappa shape index (κ3) is 4.41. The van der Waals surface area contributed by atoms with Gasteiger partial charge in [-0.15, -0.1) is 0 Å². The van der Waals surface area contributed by atoms with Crippen LogP contribution in [0.5, 0.6) is 5.75 Å². The molecule has 146 valence electrons. The molecule has 0 bridgehead atoms. The minimum Gasteiger partial charge on any atom is -0.484 e. The average molecular weight is 382 g/mol. The average Bonchev–Trinajstić information content (AvgIpc) is 3.16. The first-order valence-corrected chi connectivity index (χ1v) is 8.63. The van der Waals surface area contributed by atoms with Gasteiger partial charge in [0.1, 0.15) is 11.3 Å². The van der Waals surface area contributed by atoms with Crippen LogP contribution < -0.4 is 15.4 Å². The number of benzene rings is 1. The van der Waals surface area contributed by atoms with Crippen molar-refractivity contribution in [2.75, 3.05) is 25.0 Å². The molecule has 0 saturated carbocycles. The van der Waals surface area contributed by atoms with E-state index in [0.717, 1.165) is 0 Å². The number of nitrogens with one attached hydrogen (secondary N) is 2. The lowest BCUT2D eigenvalue weighted by atomic mass is 9.87. The Morgan fingerprint density at radius 3 is 2.70 bits per heavy atom. The summed E-state index contributed by atoms with van der Waals surface area (Å²) in [6.45, 7) is 1.66. The monoisotopic (exact) mass is 382 g/mol. The van der Waals surface area contributed by atoms with Crippen LogP contribution in [0.15, 0.2) is 36.7 Å². The molecule has 0 aliphatic carbocycles. The topological polar surface area (TPSA) is 68.2 Å². The Balaban J connectivity index is 1.75. The van der Waals surface area contributed by atoms with Crippen LogP contribution in [-0.2, 0) is 10.3 Å². The van der Waals surface area contributed by atoms with Crippen molar-refractivity contribution < 1.29 is 22.7 Å². The van der Waals surface area contributed by atoms with E-state index in [1.165, 1.54) is 12.1 Å². The molecule has 0 unspecified atom stereocenters. The molecular formula is C18H21F3N4O2. The minimum atomic E-state index is -4.40. The fourth-order valence-corrected chi connectivity index (χ4v) is 3.22. The number of alkyl halides is 3. The van der Waals surface area contributed by atoms with Gasteiger partial charge in [0.25, 0.3) is 5.91 Å². The predicted molar refractivity (Wildman–Crippen MR) is 93.7 cm³/mol. The largest absolute Gasteiger partial charge is 0.484 e. The van der Waals surface area contributed by atoms with Crippen LogP contribution >= 0.6 is 0 Å². The lowest BCUT2D eigenvalue weighted by molar-refractivity contribution is -0.153. The highest BCUT2D eigenvalue weighted by Gasteiger charge is 2.42. The molecule has 1 aliphatic rings. The van der Waals surface area contributed by atoms with E-state index in [-0.39, 0.29) is 11.7 Å². The van der Waals surface area contributed by atoms with Crippen LogP contribution in [0.3, 0.4) is 0 Å². The molecule has 1 aliphatic heterocycles. The second kappa shape index (κ2) is 7.59. The molecule has 1 saturated heterocycles. The highest BCUT2D eigenvalue weighted by molar-refractivity contribution is 5.96. The van der Waals surface area contributed by atoms with Crippen LogP contribution in [0.1, 0.15) is 18.4 Å². The summed E-state index contributed by atoms with van der Waals surface area (Å²) in [5, 5.41) is 10.4. The molecular weight excluding hydrogens is 361 g/mol.